The van der Waals surface area contributed by atoms with Crippen LogP contribution in [-0.4, -0.2) is 0 Å². The molecule has 2 aromatic carbocycles. The van der Waals surface area contributed by atoms with Gasteiger partial charge in [0, 0.05) is 38.7 Å². The van der Waals surface area contributed by atoms with Gasteiger partial charge in [-0.15, -0.1) is 45.3 Å². The Kier molecular flexibility index (Phi) is 7.07. The van der Waals surface area contributed by atoms with Crippen molar-refractivity contribution in [2.24, 2.45) is 0 Å². The van der Waals surface area contributed by atoms with E-state index in [0.29, 0.717) is 0 Å². The van der Waals surface area contributed by atoms with Crippen molar-refractivity contribution in [3.63, 3.8) is 0 Å². The van der Waals surface area contributed by atoms with E-state index in [1.165, 1.54) is 72.0 Å². The maximum atomic E-state index is 2.39. The molecule has 4 heteroatoms. The highest BCUT2D eigenvalue weighted by atomic mass is 32.1. The van der Waals surface area contributed by atoms with Crippen LogP contribution >= 0.6 is 45.3 Å². The minimum atomic E-state index is 1.24. The lowest BCUT2D eigenvalue weighted by Gasteiger charge is -1.95. The van der Waals surface area contributed by atoms with E-state index in [1.54, 1.807) is 0 Å². The van der Waals surface area contributed by atoms with E-state index in [1.807, 2.05) is 45.3 Å². The molecule has 38 heavy (non-hydrogen) atoms. The molecule has 0 spiro atoms. The molecule has 4 heterocycles. The molecular weight excluding hydrogens is 537 g/mol. The van der Waals surface area contributed by atoms with E-state index < -0.39 is 0 Å². The number of fused-ring (bicyclic) bond motifs is 1. The molecule has 0 radical (unpaired) electrons. The number of hydrogen-bond acceptors (Lipinski definition) is 4. The second-order valence-electron chi connectivity index (χ2n) is 9.76. The SMILES string of the molecule is Cc1ccc(C=Cc2cc(C)c(-c3cc4sc(-c5sc(C=Cc6ccc(C)cc6)cc5C)cc4s3)s2)cc1. The minimum Gasteiger partial charge on any atom is -0.135 e. The third-order valence-electron chi connectivity index (χ3n) is 6.56. The van der Waals surface area contributed by atoms with Gasteiger partial charge in [-0.25, -0.2) is 0 Å². The molecule has 0 unspecified atom stereocenters. The van der Waals surface area contributed by atoms with Gasteiger partial charge in [0.25, 0.3) is 0 Å². The number of rotatable bonds is 6. The molecule has 0 fully saturated rings. The average Bonchev–Trinajstić information content (AvgIpc) is 3.66. The maximum Gasteiger partial charge on any atom is 0.0478 e. The first-order valence-electron chi connectivity index (χ1n) is 12.7. The molecule has 0 nitrogen and oxygen atoms in total. The maximum absolute atomic E-state index is 2.39. The van der Waals surface area contributed by atoms with Crippen LogP contribution in [0, 0.1) is 27.7 Å². The molecule has 0 aliphatic rings. The third kappa shape index (κ3) is 5.41. The summed E-state index contributed by atoms with van der Waals surface area (Å²) < 4.78 is 2.77. The van der Waals surface area contributed by atoms with Gasteiger partial charge >= 0.3 is 0 Å². The Hall–Kier alpha value is -3.02. The Labute approximate surface area is 240 Å². The normalized spacial score (nSPS) is 12.0. The Morgan fingerprint density at radius 1 is 0.447 bits per heavy atom. The van der Waals surface area contributed by atoms with Gasteiger partial charge in [-0.1, -0.05) is 71.8 Å². The van der Waals surface area contributed by atoms with Crippen LogP contribution in [0.2, 0.25) is 0 Å². The second kappa shape index (κ2) is 10.6. The third-order valence-corrected chi connectivity index (χ3v) is 11.6. The summed E-state index contributed by atoms with van der Waals surface area (Å²) in [6.45, 7) is 8.71. The van der Waals surface area contributed by atoms with Gasteiger partial charge in [0.1, 0.15) is 0 Å². The molecule has 0 N–H and O–H groups in total. The largest absolute Gasteiger partial charge is 0.135 e. The summed E-state index contributed by atoms with van der Waals surface area (Å²) >= 11 is 7.61. The lowest BCUT2D eigenvalue weighted by atomic mass is 10.1. The predicted octanol–water partition coefficient (Wildman–Crippen LogP) is 12.0. The van der Waals surface area contributed by atoms with Crippen LogP contribution in [0.25, 0.3) is 53.2 Å². The van der Waals surface area contributed by atoms with E-state index >= 15 is 0 Å². The Balaban J connectivity index is 1.22. The topological polar surface area (TPSA) is 0 Å². The minimum absolute atomic E-state index is 1.24. The highest BCUT2D eigenvalue weighted by Gasteiger charge is 2.15. The van der Waals surface area contributed by atoms with E-state index in [2.05, 4.69) is 125 Å². The highest BCUT2D eigenvalue weighted by molar-refractivity contribution is 7.33. The summed E-state index contributed by atoms with van der Waals surface area (Å²) in [5, 5.41) is 0. The number of hydrogen-bond donors (Lipinski definition) is 0. The lowest BCUT2D eigenvalue weighted by Crippen LogP contribution is -1.72. The molecule has 0 saturated heterocycles. The van der Waals surface area contributed by atoms with Crippen molar-refractivity contribution in [2.75, 3.05) is 0 Å². The monoisotopic (exact) mass is 564 g/mol. The molecule has 0 bridgehead atoms. The summed E-state index contributed by atoms with van der Waals surface area (Å²) in [6.07, 6.45) is 8.90. The van der Waals surface area contributed by atoms with Crippen LogP contribution in [0.15, 0.2) is 72.8 Å². The molecular formula is C34H28S4. The van der Waals surface area contributed by atoms with Gasteiger partial charge in [0.2, 0.25) is 0 Å². The summed E-state index contributed by atoms with van der Waals surface area (Å²) in [4.78, 5) is 8.13. The molecule has 0 amide bonds. The van der Waals surface area contributed by atoms with Gasteiger partial charge < -0.3 is 0 Å². The quantitative estimate of drug-likeness (QED) is 0.189. The zero-order valence-corrected chi connectivity index (χ0v) is 25.1. The molecule has 6 aromatic rings. The van der Waals surface area contributed by atoms with Gasteiger partial charge in [0.05, 0.1) is 0 Å². The van der Waals surface area contributed by atoms with Gasteiger partial charge in [-0.2, -0.15) is 0 Å². The van der Waals surface area contributed by atoms with E-state index in [9.17, 15) is 0 Å². The van der Waals surface area contributed by atoms with Crippen LogP contribution in [0.1, 0.15) is 43.1 Å². The fourth-order valence-electron chi connectivity index (χ4n) is 4.44. The summed E-state index contributed by atoms with van der Waals surface area (Å²) in [7, 11) is 0. The first kappa shape index (κ1) is 25.3. The van der Waals surface area contributed by atoms with E-state index in [4.69, 9.17) is 0 Å². The van der Waals surface area contributed by atoms with Crippen LogP contribution in [0.5, 0.6) is 0 Å². The zero-order valence-electron chi connectivity index (χ0n) is 21.9. The molecule has 188 valence electrons. The van der Waals surface area contributed by atoms with Crippen molar-refractivity contribution in [1.82, 2.24) is 0 Å². The Bertz CT molecular complexity index is 1620. The standard InChI is InChI=1S/C34H28S4/c1-21-5-9-25(10-6-21)13-15-27-17-23(3)33(35-27)31-19-29-30(37-31)20-32(38-29)34-24(4)18-28(36-34)16-14-26-11-7-22(2)8-12-26/h5-20H,1-4H3. The van der Waals surface area contributed by atoms with Crippen molar-refractivity contribution in [3.8, 4) is 19.5 Å². The zero-order chi connectivity index (χ0) is 26.2. The van der Waals surface area contributed by atoms with Gasteiger partial charge in [-0.05, 0) is 86.4 Å². The molecule has 4 aromatic heterocycles. The van der Waals surface area contributed by atoms with Crippen molar-refractivity contribution < 1.29 is 0 Å². The van der Waals surface area contributed by atoms with E-state index in [0.717, 1.165) is 0 Å². The smallest absolute Gasteiger partial charge is 0.0478 e. The van der Waals surface area contributed by atoms with Gasteiger partial charge in [-0.3, -0.25) is 0 Å². The summed E-state index contributed by atoms with van der Waals surface area (Å²) in [5.74, 6) is 0. The van der Waals surface area contributed by atoms with Crippen molar-refractivity contribution in [1.29, 1.82) is 0 Å². The first-order chi connectivity index (χ1) is 18.4. The molecule has 0 atom stereocenters. The van der Waals surface area contributed by atoms with Gasteiger partial charge in [0.15, 0.2) is 0 Å². The Morgan fingerprint density at radius 3 is 1.24 bits per heavy atom. The fourth-order valence-corrected chi connectivity index (χ4v) is 9.32. The predicted molar refractivity (Wildman–Crippen MR) is 176 cm³/mol. The van der Waals surface area contributed by atoms with Crippen LogP contribution < -0.4 is 0 Å². The number of thiophene rings is 4. The van der Waals surface area contributed by atoms with Crippen molar-refractivity contribution in [2.45, 2.75) is 27.7 Å². The van der Waals surface area contributed by atoms with Crippen molar-refractivity contribution >= 4 is 79.1 Å². The highest BCUT2D eigenvalue weighted by Crippen LogP contribution is 2.46. The molecule has 0 aliphatic carbocycles. The first-order valence-corrected chi connectivity index (χ1v) is 15.9. The van der Waals surface area contributed by atoms with Crippen LogP contribution in [0.3, 0.4) is 0 Å². The fraction of sp³-hybridized carbons (Fsp3) is 0.118. The summed E-state index contributed by atoms with van der Waals surface area (Å²) in [6, 6.07) is 26.8. The molecule has 0 aliphatic heterocycles. The molecule has 6 rings (SSSR count). The molecule has 0 saturated carbocycles. The van der Waals surface area contributed by atoms with E-state index in [-0.39, 0.29) is 0 Å². The van der Waals surface area contributed by atoms with Crippen molar-refractivity contribution in [3.05, 3.63) is 116 Å². The van der Waals surface area contributed by atoms with Crippen LogP contribution in [-0.2, 0) is 0 Å². The Morgan fingerprint density at radius 2 is 0.842 bits per heavy atom. The lowest BCUT2D eigenvalue weighted by molar-refractivity contribution is 1.46. The summed E-state index contributed by atoms with van der Waals surface area (Å²) in [5.41, 5.74) is 7.78. The van der Waals surface area contributed by atoms with Crippen LogP contribution in [0.4, 0.5) is 0 Å². The number of aryl methyl sites for hydroxylation is 4. The average molecular weight is 565 g/mol. The number of benzene rings is 2. The second-order valence-corrected chi connectivity index (χ2v) is 14.1.